The van der Waals surface area contributed by atoms with Crippen molar-refractivity contribution in [3.8, 4) is 0 Å². The summed E-state index contributed by atoms with van der Waals surface area (Å²) >= 11 is 0. The Morgan fingerprint density at radius 3 is 2.70 bits per heavy atom. The van der Waals surface area contributed by atoms with E-state index in [4.69, 9.17) is 0 Å². The highest BCUT2D eigenvalue weighted by atomic mass is 16.2. The Morgan fingerprint density at radius 2 is 1.95 bits per heavy atom. The van der Waals surface area contributed by atoms with Crippen molar-refractivity contribution >= 4 is 11.7 Å². The normalized spacial score (nSPS) is 22.2. The molecule has 3 heteroatoms. The van der Waals surface area contributed by atoms with Crippen LogP contribution >= 0.6 is 0 Å². The van der Waals surface area contributed by atoms with E-state index in [2.05, 4.69) is 5.32 Å². The molecule has 0 fully saturated rings. The third kappa shape index (κ3) is 2.44. The van der Waals surface area contributed by atoms with Gasteiger partial charge in [-0.15, -0.1) is 0 Å². The number of allylic oxidation sites excluding steroid dienone is 4. The van der Waals surface area contributed by atoms with Crippen LogP contribution in [-0.4, -0.2) is 11.7 Å². The first-order valence-corrected chi connectivity index (χ1v) is 6.92. The first-order valence-electron chi connectivity index (χ1n) is 6.92. The molecule has 1 aromatic rings. The molecule has 1 aromatic carbocycles. The number of hydrogen-bond acceptors (Lipinski definition) is 2. The zero-order chi connectivity index (χ0) is 14.1. The van der Waals surface area contributed by atoms with Crippen LogP contribution in [0.4, 0.5) is 0 Å². The second kappa shape index (κ2) is 5.08. The van der Waals surface area contributed by atoms with Gasteiger partial charge in [-0.3, -0.25) is 9.59 Å². The molecular weight excluding hydrogens is 250 g/mol. The van der Waals surface area contributed by atoms with Crippen LogP contribution in [0.25, 0.3) is 0 Å². The summed E-state index contributed by atoms with van der Waals surface area (Å²) in [6.45, 7) is 1.96. The van der Waals surface area contributed by atoms with E-state index in [9.17, 15) is 9.59 Å². The van der Waals surface area contributed by atoms with E-state index in [0.717, 1.165) is 16.7 Å². The van der Waals surface area contributed by atoms with E-state index in [1.165, 1.54) is 0 Å². The third-order valence-electron chi connectivity index (χ3n) is 3.87. The fourth-order valence-electron chi connectivity index (χ4n) is 2.90. The largest absolute Gasteiger partial charge is 0.323 e. The maximum Gasteiger partial charge on any atom is 0.228 e. The molecule has 0 saturated heterocycles. The van der Waals surface area contributed by atoms with Gasteiger partial charge in [0.15, 0.2) is 5.78 Å². The van der Waals surface area contributed by atoms with E-state index in [1.807, 2.05) is 43.3 Å². The molecule has 0 spiro atoms. The van der Waals surface area contributed by atoms with Gasteiger partial charge in [-0.2, -0.15) is 0 Å². The van der Waals surface area contributed by atoms with Crippen LogP contribution in [0.2, 0.25) is 0 Å². The van der Waals surface area contributed by atoms with Crippen molar-refractivity contribution in [3.05, 3.63) is 58.8 Å². The fraction of sp³-hybridized carbons (Fsp3) is 0.294. The number of carbonyl (C=O) groups is 2. The van der Waals surface area contributed by atoms with E-state index in [-0.39, 0.29) is 17.6 Å². The van der Waals surface area contributed by atoms with Crippen molar-refractivity contribution in [3.63, 3.8) is 0 Å². The van der Waals surface area contributed by atoms with Crippen molar-refractivity contribution in [2.24, 2.45) is 5.92 Å². The minimum Gasteiger partial charge on any atom is -0.323 e. The summed E-state index contributed by atoms with van der Waals surface area (Å²) in [6.07, 6.45) is 3.83. The molecule has 0 aromatic heterocycles. The van der Waals surface area contributed by atoms with Gasteiger partial charge in [0.05, 0.1) is 5.70 Å². The van der Waals surface area contributed by atoms with Crippen molar-refractivity contribution < 1.29 is 9.59 Å². The van der Waals surface area contributed by atoms with E-state index in [0.29, 0.717) is 25.0 Å². The van der Waals surface area contributed by atoms with Crippen molar-refractivity contribution in [2.75, 3.05) is 0 Å². The molecule has 3 nitrogen and oxygen atoms in total. The van der Waals surface area contributed by atoms with E-state index < -0.39 is 0 Å². The van der Waals surface area contributed by atoms with Crippen LogP contribution < -0.4 is 5.32 Å². The lowest BCUT2D eigenvalue weighted by atomic mass is 9.83. The Labute approximate surface area is 118 Å². The summed E-state index contributed by atoms with van der Waals surface area (Å²) < 4.78 is 0. The van der Waals surface area contributed by atoms with E-state index in [1.54, 1.807) is 0 Å². The lowest BCUT2D eigenvalue weighted by molar-refractivity contribution is -0.127. The molecule has 1 atom stereocenters. The minimum atomic E-state index is -0.0916. The van der Waals surface area contributed by atoms with Crippen molar-refractivity contribution in [1.82, 2.24) is 5.32 Å². The van der Waals surface area contributed by atoms with Gasteiger partial charge < -0.3 is 5.32 Å². The number of rotatable bonds is 2. The van der Waals surface area contributed by atoms with Gasteiger partial charge in [-0.05, 0) is 30.9 Å². The molecule has 0 radical (unpaired) electrons. The maximum atomic E-state index is 12.2. The first kappa shape index (κ1) is 12.9. The van der Waals surface area contributed by atoms with Crippen LogP contribution in [-0.2, 0) is 16.0 Å². The zero-order valence-electron chi connectivity index (χ0n) is 11.5. The summed E-state index contributed by atoms with van der Waals surface area (Å²) in [7, 11) is 0. The minimum absolute atomic E-state index is 0.0334. The molecule has 1 unspecified atom stereocenters. The Balaban J connectivity index is 1.83. The zero-order valence-corrected chi connectivity index (χ0v) is 11.5. The molecule has 0 saturated carbocycles. The van der Waals surface area contributed by atoms with Gasteiger partial charge in [-0.25, -0.2) is 0 Å². The second-order valence-electron chi connectivity index (χ2n) is 5.57. The maximum absolute atomic E-state index is 12.2. The molecule has 1 aliphatic heterocycles. The summed E-state index contributed by atoms with van der Waals surface area (Å²) in [5, 5.41) is 2.81. The second-order valence-corrected chi connectivity index (χ2v) is 5.57. The van der Waals surface area contributed by atoms with Gasteiger partial charge in [0.2, 0.25) is 5.91 Å². The Morgan fingerprint density at radius 1 is 1.20 bits per heavy atom. The van der Waals surface area contributed by atoms with Crippen LogP contribution in [0, 0.1) is 5.92 Å². The molecule has 3 rings (SSSR count). The van der Waals surface area contributed by atoms with Crippen LogP contribution in [0.1, 0.15) is 25.3 Å². The van der Waals surface area contributed by atoms with Gasteiger partial charge in [0.25, 0.3) is 0 Å². The quantitative estimate of drug-likeness (QED) is 0.895. The van der Waals surface area contributed by atoms with Crippen LogP contribution in [0.5, 0.6) is 0 Å². The average molecular weight is 267 g/mol. The Bertz CT molecular complexity index is 626. The predicted octanol–water partition coefficient (Wildman–Crippen LogP) is 2.54. The van der Waals surface area contributed by atoms with Crippen molar-refractivity contribution in [2.45, 2.75) is 26.2 Å². The predicted molar refractivity (Wildman–Crippen MR) is 76.8 cm³/mol. The lowest BCUT2D eigenvalue weighted by Crippen LogP contribution is -2.40. The average Bonchev–Trinajstić information content (AvgIpc) is 2.42. The molecule has 1 heterocycles. The summed E-state index contributed by atoms with van der Waals surface area (Å²) in [5.41, 5.74) is 3.73. The highest BCUT2D eigenvalue weighted by Crippen LogP contribution is 2.30. The Kier molecular flexibility index (Phi) is 3.26. The van der Waals surface area contributed by atoms with Crippen LogP contribution in [0.15, 0.2) is 53.3 Å². The lowest BCUT2D eigenvalue weighted by Gasteiger charge is -2.28. The molecular formula is C17H17NO2. The van der Waals surface area contributed by atoms with Crippen molar-refractivity contribution in [1.29, 1.82) is 0 Å². The number of benzene rings is 1. The number of Topliss-reactive ketones (excluding diaryl/α,β-unsaturated/α-hetero) is 1. The standard InChI is InChI=1S/C17H17NO2/c1-11-7-13-10-14(9-12-5-3-2-4-6-12)17(20)18-16(13)15(19)8-11/h2-7,14H,8-10H2,1H3,(H,18,20). The summed E-state index contributed by atoms with van der Waals surface area (Å²) in [4.78, 5) is 24.1. The number of amides is 1. The molecule has 1 amide bonds. The molecule has 0 bridgehead atoms. The van der Waals surface area contributed by atoms with Crippen LogP contribution in [0.3, 0.4) is 0 Å². The number of nitrogens with one attached hydrogen (secondary N) is 1. The topological polar surface area (TPSA) is 46.2 Å². The number of carbonyl (C=O) groups excluding carboxylic acids is 2. The van der Waals surface area contributed by atoms with Gasteiger partial charge in [-0.1, -0.05) is 42.0 Å². The van der Waals surface area contributed by atoms with Gasteiger partial charge >= 0.3 is 0 Å². The molecule has 1 N–H and O–H groups in total. The number of hydrogen-bond donors (Lipinski definition) is 1. The summed E-state index contributed by atoms with van der Waals surface area (Å²) in [6, 6.07) is 10.00. The fourth-order valence-corrected chi connectivity index (χ4v) is 2.90. The molecule has 2 aliphatic rings. The SMILES string of the molecule is CC1=CC2=C(NC(=O)C(Cc3ccccc3)C2)C(=O)C1. The van der Waals surface area contributed by atoms with E-state index >= 15 is 0 Å². The summed E-state index contributed by atoms with van der Waals surface area (Å²) in [5.74, 6) is -0.0912. The third-order valence-corrected chi connectivity index (χ3v) is 3.87. The highest BCUT2D eigenvalue weighted by molar-refractivity contribution is 6.03. The Hall–Kier alpha value is -2.16. The smallest absolute Gasteiger partial charge is 0.228 e. The molecule has 20 heavy (non-hydrogen) atoms. The molecule has 1 aliphatic carbocycles. The number of ketones is 1. The monoisotopic (exact) mass is 267 g/mol. The van der Waals surface area contributed by atoms with Gasteiger partial charge in [0.1, 0.15) is 0 Å². The molecule has 102 valence electrons. The highest BCUT2D eigenvalue weighted by Gasteiger charge is 2.31. The van der Waals surface area contributed by atoms with Gasteiger partial charge in [0, 0.05) is 12.3 Å². The first-order chi connectivity index (χ1) is 9.63.